The number of hydrogen-bond acceptors (Lipinski definition) is 5. The van der Waals surface area contributed by atoms with E-state index in [0.717, 1.165) is 35.0 Å². The van der Waals surface area contributed by atoms with Crippen molar-refractivity contribution in [1.82, 2.24) is 14.5 Å². The van der Waals surface area contributed by atoms with Gasteiger partial charge in [-0.3, -0.25) is 0 Å². The van der Waals surface area contributed by atoms with Crippen LogP contribution in [0, 0.1) is 13.8 Å². The van der Waals surface area contributed by atoms with Crippen LogP contribution in [-0.4, -0.2) is 45.8 Å². The number of anilines is 1. The van der Waals surface area contributed by atoms with E-state index in [0.29, 0.717) is 12.1 Å². The molecule has 0 aliphatic carbocycles. The Hall–Kier alpha value is -2.08. The second kappa shape index (κ2) is 6.02. The van der Waals surface area contributed by atoms with Crippen molar-refractivity contribution in [3.63, 3.8) is 0 Å². The first-order valence-corrected chi connectivity index (χ1v) is 9.12. The largest absolute Gasteiger partial charge is 0.445 e. The lowest BCUT2D eigenvalue weighted by atomic mass is 9.83. The number of fused-ring (bicyclic) bond motifs is 3. The van der Waals surface area contributed by atoms with Gasteiger partial charge in [-0.05, 0) is 57.0 Å². The maximum absolute atomic E-state index is 12.8. The summed E-state index contributed by atoms with van der Waals surface area (Å²) in [6, 6.07) is 4.96. The average molecular weight is 342 g/mol. The van der Waals surface area contributed by atoms with Crippen LogP contribution in [0.3, 0.4) is 0 Å². The summed E-state index contributed by atoms with van der Waals surface area (Å²) >= 11 is 0. The highest BCUT2D eigenvalue weighted by molar-refractivity contribution is 5.91. The van der Waals surface area contributed by atoms with E-state index in [-0.39, 0.29) is 12.1 Å². The molecule has 1 aromatic heterocycles. The molecule has 3 heterocycles. The number of nitrogen functional groups attached to an aromatic ring is 1. The van der Waals surface area contributed by atoms with Gasteiger partial charge in [-0.15, -0.1) is 0 Å². The van der Waals surface area contributed by atoms with E-state index in [4.69, 9.17) is 10.5 Å². The second-order valence-corrected chi connectivity index (χ2v) is 7.61. The Labute approximate surface area is 147 Å². The van der Waals surface area contributed by atoms with Crippen LogP contribution in [0.15, 0.2) is 12.1 Å². The van der Waals surface area contributed by atoms with Gasteiger partial charge >= 0.3 is 6.09 Å². The zero-order valence-corrected chi connectivity index (χ0v) is 15.2. The van der Waals surface area contributed by atoms with Crippen LogP contribution in [-0.2, 0) is 4.74 Å². The molecule has 0 amide bonds. The minimum Gasteiger partial charge on any atom is -0.445 e. The van der Waals surface area contributed by atoms with Crippen molar-refractivity contribution in [1.29, 1.82) is 0 Å². The first-order chi connectivity index (χ1) is 11.9. The molecule has 2 N–H and O–H groups in total. The van der Waals surface area contributed by atoms with Gasteiger partial charge in [0.2, 0.25) is 5.95 Å². The monoisotopic (exact) mass is 342 g/mol. The fraction of sp³-hybridized carbons (Fsp3) is 0.579. The number of hydrogen-bond donors (Lipinski definition) is 1. The highest BCUT2D eigenvalue weighted by Gasteiger charge is 2.38. The SMILES string of the molecule is Cc1cc2nc(N)n(C(=O)OC3CC4CCCC(C3)N4C)c2cc1C. The smallest absolute Gasteiger partial charge is 0.421 e. The van der Waals surface area contributed by atoms with E-state index in [1.807, 2.05) is 26.0 Å². The molecule has 6 nitrogen and oxygen atoms in total. The van der Waals surface area contributed by atoms with Crippen molar-refractivity contribution in [2.24, 2.45) is 0 Å². The van der Waals surface area contributed by atoms with Crippen molar-refractivity contribution in [2.45, 2.75) is 64.1 Å². The zero-order chi connectivity index (χ0) is 17.7. The van der Waals surface area contributed by atoms with Crippen molar-refractivity contribution in [3.8, 4) is 0 Å². The molecule has 25 heavy (non-hydrogen) atoms. The van der Waals surface area contributed by atoms with Crippen LogP contribution >= 0.6 is 0 Å². The molecule has 2 aliphatic rings. The fourth-order valence-corrected chi connectivity index (χ4v) is 4.40. The maximum Gasteiger partial charge on any atom is 0.421 e. The maximum atomic E-state index is 12.8. The van der Waals surface area contributed by atoms with E-state index >= 15 is 0 Å². The number of benzene rings is 1. The normalized spacial score (nSPS) is 26.8. The molecule has 0 spiro atoms. The minimum atomic E-state index is -0.407. The van der Waals surface area contributed by atoms with Crippen molar-refractivity contribution in [2.75, 3.05) is 12.8 Å². The molecule has 2 atom stereocenters. The van der Waals surface area contributed by atoms with Crippen molar-refractivity contribution in [3.05, 3.63) is 23.3 Å². The standard InChI is InChI=1S/C19H26N4O2/c1-11-7-16-17(8-12(11)2)23(18(20)21-16)19(24)25-15-9-13-5-4-6-14(10-15)22(13)3/h7-8,13-15H,4-6,9-10H2,1-3H3,(H2,20,21). The predicted molar refractivity (Wildman–Crippen MR) is 97.7 cm³/mol. The van der Waals surface area contributed by atoms with Crippen LogP contribution < -0.4 is 5.73 Å². The van der Waals surface area contributed by atoms with Crippen molar-refractivity contribution < 1.29 is 9.53 Å². The molecule has 2 saturated heterocycles. The molecule has 4 rings (SSSR count). The number of aryl methyl sites for hydroxylation is 2. The van der Waals surface area contributed by atoms with Crippen LogP contribution in [0.1, 0.15) is 43.2 Å². The number of aromatic nitrogens is 2. The molecular formula is C19H26N4O2. The highest BCUT2D eigenvalue weighted by atomic mass is 16.6. The van der Waals surface area contributed by atoms with E-state index in [1.54, 1.807) is 0 Å². The molecule has 2 aromatic rings. The van der Waals surface area contributed by atoms with Gasteiger partial charge in [0.1, 0.15) is 6.10 Å². The Bertz CT molecular complexity index is 814. The highest BCUT2D eigenvalue weighted by Crippen LogP contribution is 2.34. The molecular weight excluding hydrogens is 316 g/mol. The quantitative estimate of drug-likeness (QED) is 0.861. The molecule has 2 bridgehead atoms. The number of ether oxygens (including phenoxy) is 1. The molecule has 0 radical (unpaired) electrons. The lowest BCUT2D eigenvalue weighted by Crippen LogP contribution is -2.52. The topological polar surface area (TPSA) is 73.4 Å². The first-order valence-electron chi connectivity index (χ1n) is 9.12. The summed E-state index contributed by atoms with van der Waals surface area (Å²) in [5.41, 5.74) is 9.71. The van der Waals surface area contributed by atoms with Gasteiger partial charge in [-0.25, -0.2) is 14.3 Å². The van der Waals surface area contributed by atoms with Gasteiger partial charge in [0.25, 0.3) is 0 Å². The van der Waals surface area contributed by atoms with Gasteiger partial charge in [0.15, 0.2) is 0 Å². The number of rotatable bonds is 1. The van der Waals surface area contributed by atoms with E-state index < -0.39 is 6.09 Å². The van der Waals surface area contributed by atoms with Crippen LogP contribution in [0.5, 0.6) is 0 Å². The Morgan fingerprint density at radius 1 is 1.20 bits per heavy atom. The second-order valence-electron chi connectivity index (χ2n) is 7.61. The Kier molecular flexibility index (Phi) is 3.95. The van der Waals surface area contributed by atoms with Gasteiger partial charge < -0.3 is 15.4 Å². The lowest BCUT2D eigenvalue weighted by molar-refractivity contribution is -0.0189. The summed E-state index contributed by atoms with van der Waals surface area (Å²) in [5, 5.41) is 0. The molecule has 0 saturated carbocycles. The third-order valence-corrected chi connectivity index (χ3v) is 6.04. The third kappa shape index (κ3) is 2.78. The van der Waals surface area contributed by atoms with E-state index in [2.05, 4.69) is 16.9 Å². The number of carbonyl (C=O) groups excluding carboxylic acids is 1. The summed E-state index contributed by atoms with van der Waals surface area (Å²) in [6.45, 7) is 4.05. The number of nitrogens with two attached hydrogens (primary N) is 1. The molecule has 134 valence electrons. The summed E-state index contributed by atoms with van der Waals surface area (Å²) in [5.74, 6) is 0.193. The number of carbonyl (C=O) groups is 1. The minimum absolute atomic E-state index is 0.0394. The van der Waals surface area contributed by atoms with Crippen LogP contribution in [0.4, 0.5) is 10.7 Å². The Morgan fingerprint density at radius 2 is 1.84 bits per heavy atom. The summed E-state index contributed by atoms with van der Waals surface area (Å²) < 4.78 is 7.27. The fourth-order valence-electron chi connectivity index (χ4n) is 4.40. The first kappa shape index (κ1) is 16.4. The molecule has 2 fully saturated rings. The Balaban J connectivity index is 1.58. The van der Waals surface area contributed by atoms with Crippen LogP contribution in [0.2, 0.25) is 0 Å². The zero-order valence-electron chi connectivity index (χ0n) is 15.2. The Morgan fingerprint density at radius 3 is 2.52 bits per heavy atom. The number of imidazole rings is 1. The van der Waals surface area contributed by atoms with Gasteiger partial charge in [-0.1, -0.05) is 6.42 Å². The number of nitrogens with zero attached hydrogens (tertiary/aromatic N) is 3. The summed E-state index contributed by atoms with van der Waals surface area (Å²) in [7, 11) is 2.19. The van der Waals surface area contributed by atoms with Gasteiger partial charge in [0.05, 0.1) is 11.0 Å². The summed E-state index contributed by atoms with van der Waals surface area (Å²) in [6.07, 6.45) is 5.02. The van der Waals surface area contributed by atoms with E-state index in [1.165, 1.54) is 23.8 Å². The van der Waals surface area contributed by atoms with Gasteiger partial charge in [0, 0.05) is 24.9 Å². The molecule has 1 aromatic carbocycles. The predicted octanol–water partition coefficient (Wildman–Crippen LogP) is 3.24. The van der Waals surface area contributed by atoms with Crippen LogP contribution in [0.25, 0.3) is 11.0 Å². The van der Waals surface area contributed by atoms with E-state index in [9.17, 15) is 4.79 Å². The lowest BCUT2D eigenvalue weighted by Gasteiger charge is -2.46. The molecule has 2 aliphatic heterocycles. The molecule has 6 heteroatoms. The van der Waals surface area contributed by atoms with Crippen molar-refractivity contribution >= 4 is 23.1 Å². The summed E-state index contributed by atoms with van der Waals surface area (Å²) in [4.78, 5) is 19.6. The average Bonchev–Trinajstić information content (AvgIpc) is 2.84. The molecule has 2 unspecified atom stereocenters. The third-order valence-electron chi connectivity index (χ3n) is 6.04. The number of piperidine rings is 2. The van der Waals surface area contributed by atoms with Gasteiger partial charge in [-0.2, -0.15) is 0 Å².